The molecule has 1 aromatic carbocycles. The molecule has 37 heavy (non-hydrogen) atoms. The number of hydrogen-bond acceptors (Lipinski definition) is 7. The summed E-state index contributed by atoms with van der Waals surface area (Å²) in [6, 6.07) is 6.39. The molecular weight excluding hydrogens is 515 g/mol. The van der Waals surface area contributed by atoms with Gasteiger partial charge in [-0.3, -0.25) is 9.86 Å². The van der Waals surface area contributed by atoms with Gasteiger partial charge in [-0.1, -0.05) is 18.5 Å². The predicted octanol–water partition coefficient (Wildman–Crippen LogP) is 1.74. The Labute approximate surface area is 214 Å². The smallest absolute Gasteiger partial charge is 0.451 e. The van der Waals surface area contributed by atoms with Crippen molar-refractivity contribution in [1.82, 2.24) is 24.6 Å². The quantitative estimate of drug-likeness (QED) is 0.581. The molecular formula is C23H21ClF3N7O3. The van der Waals surface area contributed by atoms with Crippen molar-refractivity contribution in [3.63, 3.8) is 0 Å². The second kappa shape index (κ2) is 9.13. The highest BCUT2D eigenvalue weighted by atomic mass is 35.5. The van der Waals surface area contributed by atoms with Crippen LogP contribution in [0.1, 0.15) is 30.6 Å². The lowest BCUT2D eigenvalue weighted by atomic mass is 9.84. The van der Waals surface area contributed by atoms with E-state index in [2.05, 4.69) is 10.2 Å². The molecule has 5 rings (SSSR count). The topological polar surface area (TPSA) is 123 Å². The molecule has 2 amide bonds. The fourth-order valence-corrected chi connectivity index (χ4v) is 5.50. The SMILES string of the molecule is C[C@@H]1CN(C2=C(C#N)C(=O)[NH+]([O-])c3ccc(Cl)cc32)CC[C@@H]1C(=O)N1CCn2c(nnc2C(F)(F)F)C1. The number of carbonyl (C=O) groups excluding carboxylic acids is 2. The summed E-state index contributed by atoms with van der Waals surface area (Å²) in [6.07, 6.45) is -4.24. The average Bonchev–Trinajstić information content (AvgIpc) is 3.29. The lowest BCUT2D eigenvalue weighted by molar-refractivity contribution is -0.686. The highest BCUT2D eigenvalue weighted by Gasteiger charge is 2.43. The van der Waals surface area contributed by atoms with Crippen molar-refractivity contribution in [2.75, 3.05) is 19.6 Å². The Hall–Kier alpha value is -3.47. The number of alkyl halides is 3. The zero-order chi connectivity index (χ0) is 26.6. The summed E-state index contributed by atoms with van der Waals surface area (Å²) in [7, 11) is 0. The molecule has 0 radical (unpaired) electrons. The molecule has 3 aliphatic heterocycles. The van der Waals surface area contributed by atoms with Crippen LogP contribution in [0.4, 0.5) is 18.9 Å². The molecule has 1 saturated heterocycles. The van der Waals surface area contributed by atoms with Crippen LogP contribution in [0.2, 0.25) is 5.02 Å². The van der Waals surface area contributed by atoms with E-state index in [9.17, 15) is 33.2 Å². The highest BCUT2D eigenvalue weighted by molar-refractivity contribution is 6.31. The molecule has 1 aromatic heterocycles. The number of piperidine rings is 1. The number of rotatable bonds is 2. The summed E-state index contributed by atoms with van der Waals surface area (Å²) >= 11 is 6.15. The van der Waals surface area contributed by atoms with Crippen LogP contribution in [0.15, 0.2) is 23.8 Å². The Bertz CT molecular complexity index is 1370. The lowest BCUT2D eigenvalue weighted by Crippen LogP contribution is -3.06. The molecule has 14 heteroatoms. The second-order valence-corrected chi connectivity index (χ2v) is 9.79. The van der Waals surface area contributed by atoms with E-state index in [1.807, 2.05) is 17.9 Å². The molecule has 4 heterocycles. The summed E-state index contributed by atoms with van der Waals surface area (Å²) in [4.78, 5) is 29.3. The maximum atomic E-state index is 13.4. The van der Waals surface area contributed by atoms with Crippen molar-refractivity contribution >= 4 is 34.8 Å². The monoisotopic (exact) mass is 535 g/mol. The van der Waals surface area contributed by atoms with Gasteiger partial charge in [0.15, 0.2) is 11.4 Å². The number of quaternary nitrogens is 1. The zero-order valence-electron chi connectivity index (χ0n) is 19.5. The Kier molecular flexibility index (Phi) is 6.21. The van der Waals surface area contributed by atoms with Gasteiger partial charge in [-0.2, -0.15) is 18.4 Å². The standard InChI is InChI=1S/C23H21ClF3N7O3/c1-12-10-31(19-15-8-13(24)2-3-17(15)34(37)21(36)16(19)9-28)5-4-14(12)20(35)32-6-7-33-18(11-32)29-30-22(33)23(25,26)27/h2-3,8,12,14,34H,4-7,10-11H2,1H3/t12-,14+/m1/s1. The molecule has 3 aliphatic rings. The molecule has 0 aliphatic carbocycles. The molecule has 194 valence electrons. The molecule has 0 bridgehead atoms. The molecule has 3 atom stereocenters. The number of benzene rings is 1. The van der Waals surface area contributed by atoms with Crippen molar-refractivity contribution in [3.8, 4) is 6.07 Å². The first-order valence-electron chi connectivity index (χ1n) is 11.6. The van der Waals surface area contributed by atoms with E-state index >= 15 is 0 Å². The summed E-state index contributed by atoms with van der Waals surface area (Å²) in [5.41, 5.74) is 0.645. The van der Waals surface area contributed by atoms with Crippen LogP contribution in [-0.4, -0.2) is 56.0 Å². The molecule has 0 saturated carbocycles. The maximum Gasteiger partial charge on any atom is 0.451 e. The predicted molar refractivity (Wildman–Crippen MR) is 122 cm³/mol. The van der Waals surface area contributed by atoms with Crippen molar-refractivity contribution < 1.29 is 27.8 Å². The number of carbonyl (C=O) groups is 2. The Morgan fingerprint density at radius 2 is 2.03 bits per heavy atom. The number of fused-ring (bicyclic) bond motifs is 2. The van der Waals surface area contributed by atoms with E-state index in [1.54, 1.807) is 6.07 Å². The van der Waals surface area contributed by atoms with E-state index < -0.39 is 28.9 Å². The average molecular weight is 536 g/mol. The zero-order valence-corrected chi connectivity index (χ0v) is 20.3. The third-order valence-electron chi connectivity index (χ3n) is 7.12. The van der Waals surface area contributed by atoms with Crippen LogP contribution in [0.25, 0.3) is 5.70 Å². The molecule has 1 N–H and O–H groups in total. The molecule has 1 fully saturated rings. The molecule has 0 spiro atoms. The van der Waals surface area contributed by atoms with Gasteiger partial charge in [0, 0.05) is 43.2 Å². The first-order chi connectivity index (χ1) is 17.5. The fourth-order valence-electron chi connectivity index (χ4n) is 5.33. The normalized spacial score (nSPS) is 24.0. The number of nitrogens with zero attached hydrogens (tertiary/aromatic N) is 6. The van der Waals surface area contributed by atoms with Crippen LogP contribution in [0, 0.1) is 28.4 Å². The van der Waals surface area contributed by atoms with Gasteiger partial charge in [0.1, 0.15) is 11.8 Å². The lowest BCUT2D eigenvalue weighted by Gasteiger charge is -2.42. The molecule has 1 unspecified atom stereocenters. The van der Waals surface area contributed by atoms with E-state index in [1.165, 1.54) is 17.0 Å². The maximum absolute atomic E-state index is 13.4. The van der Waals surface area contributed by atoms with Crippen molar-refractivity contribution in [2.45, 2.75) is 32.6 Å². The van der Waals surface area contributed by atoms with Crippen LogP contribution in [-0.2, 0) is 28.9 Å². The van der Waals surface area contributed by atoms with Crippen LogP contribution < -0.4 is 5.06 Å². The van der Waals surface area contributed by atoms with Gasteiger partial charge in [0.05, 0.1) is 17.8 Å². The van der Waals surface area contributed by atoms with E-state index in [4.69, 9.17) is 11.6 Å². The number of halogens is 4. The minimum Gasteiger partial charge on any atom is -0.621 e. The van der Waals surface area contributed by atoms with Gasteiger partial charge in [-0.25, -0.2) is 4.79 Å². The number of amides is 2. The fraction of sp³-hybridized carbons (Fsp3) is 0.435. The number of nitrogens with one attached hydrogen (secondary N) is 1. The number of aromatic nitrogens is 3. The summed E-state index contributed by atoms with van der Waals surface area (Å²) in [5.74, 6) is -2.69. The van der Waals surface area contributed by atoms with Gasteiger partial charge in [0.2, 0.25) is 11.7 Å². The van der Waals surface area contributed by atoms with Gasteiger partial charge in [0.25, 0.3) is 0 Å². The number of hydrogen-bond donors (Lipinski definition) is 1. The third kappa shape index (κ3) is 4.24. The molecule has 2 aromatic rings. The van der Waals surface area contributed by atoms with Gasteiger partial charge < -0.3 is 19.6 Å². The van der Waals surface area contributed by atoms with Gasteiger partial charge >= 0.3 is 12.1 Å². The minimum atomic E-state index is -4.62. The van der Waals surface area contributed by atoms with E-state index in [0.29, 0.717) is 35.8 Å². The first-order valence-corrected chi connectivity index (χ1v) is 12.0. The highest BCUT2D eigenvalue weighted by Crippen LogP contribution is 2.37. The third-order valence-corrected chi connectivity index (χ3v) is 7.36. The van der Waals surface area contributed by atoms with Crippen molar-refractivity contribution in [1.29, 1.82) is 5.26 Å². The number of hydroxylamine groups is 1. The van der Waals surface area contributed by atoms with Gasteiger partial charge in [-0.15, -0.1) is 10.2 Å². The van der Waals surface area contributed by atoms with Crippen LogP contribution in [0.5, 0.6) is 0 Å². The summed E-state index contributed by atoms with van der Waals surface area (Å²) < 4.78 is 40.4. The van der Waals surface area contributed by atoms with Crippen LogP contribution >= 0.6 is 11.6 Å². The Morgan fingerprint density at radius 3 is 2.70 bits per heavy atom. The Morgan fingerprint density at radius 1 is 1.27 bits per heavy atom. The number of nitriles is 1. The number of likely N-dealkylation sites (tertiary alicyclic amines) is 1. The molecule has 10 nitrogen and oxygen atoms in total. The first kappa shape index (κ1) is 25.2. The summed E-state index contributed by atoms with van der Waals surface area (Å²) in [6.45, 7) is 2.50. The van der Waals surface area contributed by atoms with E-state index in [-0.39, 0.29) is 48.5 Å². The van der Waals surface area contributed by atoms with E-state index in [0.717, 1.165) is 4.57 Å². The summed E-state index contributed by atoms with van der Waals surface area (Å²) in [5, 5.41) is 28.7. The van der Waals surface area contributed by atoms with Crippen molar-refractivity contribution in [2.24, 2.45) is 11.8 Å². The minimum absolute atomic E-state index is 0.0533. The largest absolute Gasteiger partial charge is 0.621 e. The van der Waals surface area contributed by atoms with Crippen molar-refractivity contribution in [3.05, 3.63) is 51.2 Å². The van der Waals surface area contributed by atoms with Crippen LogP contribution in [0.3, 0.4) is 0 Å². The second-order valence-electron chi connectivity index (χ2n) is 9.35. The van der Waals surface area contributed by atoms with Gasteiger partial charge in [-0.05, 0) is 24.5 Å². The Balaban J connectivity index is 1.35.